The third-order valence-corrected chi connectivity index (χ3v) is 9.98. The first-order valence-corrected chi connectivity index (χ1v) is 16.2. The van der Waals surface area contributed by atoms with E-state index in [1.54, 1.807) is 0 Å². The summed E-state index contributed by atoms with van der Waals surface area (Å²) in [5.41, 5.74) is 16.9. The number of aromatic nitrogens is 2. The van der Waals surface area contributed by atoms with E-state index in [1.807, 2.05) is 0 Å². The van der Waals surface area contributed by atoms with Crippen molar-refractivity contribution in [3.05, 3.63) is 119 Å². The monoisotopic (exact) mass is 624 g/mol. The van der Waals surface area contributed by atoms with E-state index in [9.17, 15) is 0 Å². The highest BCUT2D eigenvalue weighted by Crippen LogP contribution is 2.47. The smallest absolute Gasteiger partial charge is 0.196 e. The van der Waals surface area contributed by atoms with Crippen molar-refractivity contribution in [2.24, 2.45) is 0 Å². The Morgan fingerprint density at radius 1 is 0.333 bits per heavy atom. The fourth-order valence-corrected chi connectivity index (χ4v) is 7.67. The van der Waals surface area contributed by atoms with Crippen molar-refractivity contribution in [1.29, 1.82) is 0 Å². The van der Waals surface area contributed by atoms with E-state index in [0.29, 0.717) is 0 Å². The van der Waals surface area contributed by atoms with Gasteiger partial charge in [0.15, 0.2) is 22.3 Å². The van der Waals surface area contributed by atoms with Gasteiger partial charge >= 0.3 is 0 Å². The zero-order valence-corrected chi connectivity index (χ0v) is 26.8. The van der Waals surface area contributed by atoms with Crippen LogP contribution in [0.5, 0.6) is 0 Å². The predicted octanol–water partition coefficient (Wildman–Crippen LogP) is 12.1. The Morgan fingerprint density at radius 2 is 0.646 bits per heavy atom. The lowest BCUT2D eigenvalue weighted by Gasteiger charge is -2.08. The lowest BCUT2D eigenvalue weighted by Crippen LogP contribution is -1.94. The molecule has 0 aliphatic carbocycles. The van der Waals surface area contributed by atoms with E-state index in [-0.39, 0.29) is 0 Å². The number of benzene rings is 5. The van der Waals surface area contributed by atoms with E-state index in [4.69, 9.17) is 17.7 Å². The SMILES string of the molecule is Cc1ccc(-n2c3c4ccc(C)cc4oc3c3oc4cc5c(cc4c32)oc2c3oc4cc(C)ccc4c3n(-c3ccc(C)cc3)c52)cc1. The van der Waals surface area contributed by atoms with Crippen molar-refractivity contribution < 1.29 is 17.7 Å². The summed E-state index contributed by atoms with van der Waals surface area (Å²) < 4.78 is 31.3. The summed E-state index contributed by atoms with van der Waals surface area (Å²) in [6.45, 7) is 8.38. The second kappa shape index (κ2) is 8.81. The molecule has 0 saturated carbocycles. The van der Waals surface area contributed by atoms with Gasteiger partial charge in [0.05, 0.1) is 0 Å². The lowest BCUT2D eigenvalue weighted by molar-refractivity contribution is 0.632. The average Bonchev–Trinajstić information content (AvgIpc) is 3.89. The van der Waals surface area contributed by atoms with Gasteiger partial charge < -0.3 is 26.8 Å². The summed E-state index contributed by atoms with van der Waals surface area (Å²) in [5, 5.41) is 4.02. The molecule has 0 aliphatic heterocycles. The summed E-state index contributed by atoms with van der Waals surface area (Å²) >= 11 is 0. The van der Waals surface area contributed by atoms with Gasteiger partial charge in [-0.15, -0.1) is 0 Å². The van der Waals surface area contributed by atoms with Gasteiger partial charge in [-0.1, -0.05) is 47.5 Å². The van der Waals surface area contributed by atoms with Crippen molar-refractivity contribution in [1.82, 2.24) is 9.13 Å². The van der Waals surface area contributed by atoms with E-state index in [1.165, 1.54) is 11.1 Å². The second-order valence-electron chi connectivity index (χ2n) is 13.3. The van der Waals surface area contributed by atoms with Gasteiger partial charge in [0.25, 0.3) is 0 Å². The van der Waals surface area contributed by atoms with Crippen molar-refractivity contribution in [2.75, 3.05) is 0 Å². The first kappa shape index (κ1) is 26.0. The quantitative estimate of drug-likeness (QED) is 0.192. The molecule has 48 heavy (non-hydrogen) atoms. The van der Waals surface area contributed by atoms with Crippen LogP contribution in [-0.4, -0.2) is 9.13 Å². The van der Waals surface area contributed by atoms with Crippen LogP contribution in [0, 0.1) is 27.7 Å². The molecule has 0 saturated heterocycles. The largest absolute Gasteiger partial charge is 0.450 e. The molecule has 11 rings (SSSR count). The van der Waals surface area contributed by atoms with Gasteiger partial charge in [-0.2, -0.15) is 0 Å². The summed E-state index contributed by atoms with van der Waals surface area (Å²) in [7, 11) is 0. The molecular weight excluding hydrogens is 596 g/mol. The number of rotatable bonds is 2. The minimum Gasteiger partial charge on any atom is -0.450 e. The summed E-state index contributed by atoms with van der Waals surface area (Å²) in [4.78, 5) is 0. The Bertz CT molecular complexity index is 2920. The molecule has 0 atom stereocenters. The standard InChI is InChI=1S/C42H28N2O4/c1-21-5-11-25(12-6-21)43-35-27-15-9-23(3)17-31(27)45-39(35)41-37(43)29-19-34-30(20-33(29)47-41)38-42(48-34)40-36(28-16-10-24(4)18-32(28)46-40)44(38)26-13-7-22(2)8-14-26/h5-20H,1-4H3. The maximum absolute atomic E-state index is 6.79. The van der Waals surface area contributed by atoms with E-state index < -0.39 is 0 Å². The molecule has 0 spiro atoms. The van der Waals surface area contributed by atoms with Crippen LogP contribution in [-0.2, 0) is 0 Å². The zero-order valence-electron chi connectivity index (χ0n) is 26.8. The van der Waals surface area contributed by atoms with Crippen LogP contribution in [0.3, 0.4) is 0 Å². The lowest BCUT2D eigenvalue weighted by atomic mass is 10.1. The van der Waals surface area contributed by atoms with Gasteiger partial charge in [-0.3, -0.25) is 0 Å². The first-order chi connectivity index (χ1) is 23.4. The average molecular weight is 625 g/mol. The van der Waals surface area contributed by atoms with Crippen LogP contribution in [0.2, 0.25) is 0 Å². The second-order valence-corrected chi connectivity index (χ2v) is 13.3. The third-order valence-electron chi connectivity index (χ3n) is 9.98. The van der Waals surface area contributed by atoms with E-state index >= 15 is 0 Å². The molecule has 0 amide bonds. The summed E-state index contributed by atoms with van der Waals surface area (Å²) in [5.74, 6) is 0. The van der Waals surface area contributed by atoms with Gasteiger partial charge in [0.2, 0.25) is 0 Å². The Hall–Kier alpha value is -6.14. The van der Waals surface area contributed by atoms with Crippen molar-refractivity contribution >= 4 is 88.3 Å². The molecule has 6 heteroatoms. The van der Waals surface area contributed by atoms with Crippen molar-refractivity contribution in [3.8, 4) is 11.4 Å². The minimum atomic E-state index is 0.724. The molecule has 0 radical (unpaired) electrons. The van der Waals surface area contributed by atoms with Crippen LogP contribution in [0.25, 0.3) is 99.7 Å². The highest BCUT2D eigenvalue weighted by molar-refractivity contribution is 6.25. The molecular formula is C42H28N2O4. The van der Waals surface area contributed by atoms with Crippen LogP contribution in [0.1, 0.15) is 22.3 Å². The molecule has 0 aliphatic rings. The highest BCUT2D eigenvalue weighted by atomic mass is 16.4. The normalized spacial score (nSPS) is 12.6. The van der Waals surface area contributed by atoms with Crippen LogP contribution in [0.4, 0.5) is 0 Å². The number of fused-ring (bicyclic) bond motifs is 14. The Kier molecular flexibility index (Phi) is 4.77. The summed E-state index contributed by atoms with van der Waals surface area (Å²) in [6, 6.07) is 34.2. The summed E-state index contributed by atoms with van der Waals surface area (Å²) in [6.07, 6.45) is 0. The Morgan fingerprint density at radius 3 is 1.02 bits per heavy atom. The Balaban J connectivity index is 1.29. The number of hydrogen-bond donors (Lipinski definition) is 0. The fourth-order valence-electron chi connectivity index (χ4n) is 7.67. The molecule has 0 fully saturated rings. The number of furan rings is 4. The fraction of sp³-hybridized carbons (Fsp3) is 0.0952. The maximum Gasteiger partial charge on any atom is 0.196 e. The molecule has 6 nitrogen and oxygen atoms in total. The highest BCUT2D eigenvalue weighted by Gasteiger charge is 2.28. The van der Waals surface area contributed by atoms with Crippen LogP contribution >= 0.6 is 0 Å². The predicted molar refractivity (Wildman–Crippen MR) is 193 cm³/mol. The molecule has 5 aromatic carbocycles. The topological polar surface area (TPSA) is 62.4 Å². The zero-order chi connectivity index (χ0) is 32.0. The van der Waals surface area contributed by atoms with Gasteiger partial charge in [0, 0.05) is 32.9 Å². The third kappa shape index (κ3) is 3.26. The van der Waals surface area contributed by atoms with Crippen molar-refractivity contribution in [2.45, 2.75) is 27.7 Å². The molecule has 0 bridgehead atoms. The number of nitrogens with zero attached hydrogens (tertiary/aromatic N) is 2. The molecule has 6 heterocycles. The number of aryl methyl sites for hydroxylation is 4. The molecule has 6 aromatic heterocycles. The van der Waals surface area contributed by atoms with Crippen molar-refractivity contribution in [3.63, 3.8) is 0 Å². The number of hydrogen-bond acceptors (Lipinski definition) is 4. The first-order valence-electron chi connectivity index (χ1n) is 16.2. The molecule has 0 unspecified atom stereocenters. The van der Waals surface area contributed by atoms with Gasteiger partial charge in [-0.05, 0) is 99.5 Å². The van der Waals surface area contributed by atoms with E-state index in [2.05, 4.69) is 134 Å². The van der Waals surface area contributed by atoms with E-state index in [0.717, 1.165) is 111 Å². The van der Waals surface area contributed by atoms with Crippen LogP contribution in [0.15, 0.2) is 115 Å². The molecule has 11 aromatic rings. The molecule has 0 N–H and O–H groups in total. The molecule has 230 valence electrons. The van der Waals surface area contributed by atoms with Gasteiger partial charge in [0.1, 0.15) is 44.4 Å². The minimum absolute atomic E-state index is 0.724. The van der Waals surface area contributed by atoms with Crippen LogP contribution < -0.4 is 0 Å². The van der Waals surface area contributed by atoms with Gasteiger partial charge in [-0.25, -0.2) is 0 Å². The maximum atomic E-state index is 6.79. The Labute approximate surface area is 272 Å².